The molecule has 23 heavy (non-hydrogen) atoms. The second-order valence-electron chi connectivity index (χ2n) is 4.96. The Hall–Kier alpha value is -1.69. The van der Waals surface area contributed by atoms with Crippen molar-refractivity contribution in [2.45, 2.75) is 13.5 Å². The number of thiophene rings is 1. The molecular formula is C17H15ClN2OS2. The smallest absolute Gasteiger partial charge is 0.273 e. The number of hydrogen-bond donors (Lipinski definition) is 0. The first-order chi connectivity index (χ1) is 11.2. The first kappa shape index (κ1) is 16.2. The highest BCUT2D eigenvalue weighted by Crippen LogP contribution is 2.28. The van der Waals surface area contributed by atoms with Gasteiger partial charge in [-0.3, -0.25) is 4.79 Å². The molecule has 0 radical (unpaired) electrons. The molecule has 3 aromatic rings. The Morgan fingerprint density at radius 1 is 1.26 bits per heavy atom. The summed E-state index contributed by atoms with van der Waals surface area (Å²) in [5.41, 5.74) is 1.52. The van der Waals surface area contributed by atoms with E-state index in [9.17, 15) is 4.79 Å². The quantitative estimate of drug-likeness (QED) is 0.626. The number of rotatable bonds is 5. The zero-order chi connectivity index (χ0) is 16.2. The lowest BCUT2D eigenvalue weighted by molar-refractivity contribution is 0.0747. The molecule has 0 aliphatic heterocycles. The van der Waals surface area contributed by atoms with Crippen LogP contribution in [-0.4, -0.2) is 22.3 Å². The van der Waals surface area contributed by atoms with Crippen LogP contribution in [-0.2, 0) is 6.54 Å². The Morgan fingerprint density at radius 2 is 2.13 bits per heavy atom. The lowest BCUT2D eigenvalue weighted by atomic mass is 10.2. The Balaban J connectivity index is 1.77. The van der Waals surface area contributed by atoms with Crippen molar-refractivity contribution in [3.05, 3.63) is 63.4 Å². The van der Waals surface area contributed by atoms with Crippen molar-refractivity contribution in [3.63, 3.8) is 0 Å². The van der Waals surface area contributed by atoms with Crippen molar-refractivity contribution in [3.8, 4) is 9.88 Å². The molecule has 0 aliphatic rings. The van der Waals surface area contributed by atoms with Crippen LogP contribution in [0.5, 0.6) is 0 Å². The van der Waals surface area contributed by atoms with Gasteiger partial charge in [0.1, 0.15) is 10.7 Å². The maximum absolute atomic E-state index is 12.7. The maximum atomic E-state index is 12.7. The SMILES string of the molecule is CCN(Cc1cccc(Cl)c1)C(=O)c1csc(-c2cccs2)n1. The predicted molar refractivity (Wildman–Crippen MR) is 97.3 cm³/mol. The molecule has 0 saturated heterocycles. The third-order valence-corrected chi connectivity index (χ3v) is 5.50. The van der Waals surface area contributed by atoms with E-state index in [1.807, 2.05) is 54.1 Å². The van der Waals surface area contributed by atoms with Crippen LogP contribution in [0.1, 0.15) is 23.0 Å². The highest BCUT2D eigenvalue weighted by atomic mass is 35.5. The third kappa shape index (κ3) is 3.80. The van der Waals surface area contributed by atoms with Gasteiger partial charge in [-0.1, -0.05) is 29.8 Å². The number of amides is 1. The zero-order valence-electron chi connectivity index (χ0n) is 12.5. The van der Waals surface area contributed by atoms with Crippen molar-refractivity contribution in [2.24, 2.45) is 0 Å². The highest BCUT2D eigenvalue weighted by molar-refractivity contribution is 7.20. The summed E-state index contributed by atoms with van der Waals surface area (Å²) in [5.74, 6) is -0.0495. The van der Waals surface area contributed by atoms with E-state index in [1.165, 1.54) is 11.3 Å². The summed E-state index contributed by atoms with van der Waals surface area (Å²) in [6.45, 7) is 3.12. The van der Waals surface area contributed by atoms with E-state index in [0.717, 1.165) is 15.4 Å². The third-order valence-electron chi connectivity index (χ3n) is 3.39. The zero-order valence-corrected chi connectivity index (χ0v) is 14.9. The molecule has 0 N–H and O–H groups in total. The van der Waals surface area contributed by atoms with Gasteiger partial charge in [-0.2, -0.15) is 0 Å². The highest BCUT2D eigenvalue weighted by Gasteiger charge is 2.18. The van der Waals surface area contributed by atoms with Crippen molar-refractivity contribution in [2.75, 3.05) is 6.54 Å². The van der Waals surface area contributed by atoms with Gasteiger partial charge in [0, 0.05) is 23.5 Å². The topological polar surface area (TPSA) is 33.2 Å². The molecule has 1 amide bonds. The Kier molecular flexibility index (Phi) is 5.10. The molecule has 2 heterocycles. The fourth-order valence-corrected chi connectivity index (χ4v) is 4.05. The summed E-state index contributed by atoms with van der Waals surface area (Å²) >= 11 is 9.15. The van der Waals surface area contributed by atoms with E-state index in [0.29, 0.717) is 23.8 Å². The molecule has 0 saturated carbocycles. The van der Waals surface area contributed by atoms with Crippen LogP contribution in [0, 0.1) is 0 Å². The van der Waals surface area contributed by atoms with Crippen molar-refractivity contribution < 1.29 is 4.79 Å². The number of thiazole rings is 1. The number of carbonyl (C=O) groups is 1. The summed E-state index contributed by atoms with van der Waals surface area (Å²) in [7, 11) is 0. The monoisotopic (exact) mass is 362 g/mol. The standard InChI is InChI=1S/C17H15ClN2OS2/c1-2-20(10-12-5-3-6-13(18)9-12)17(21)14-11-23-16(19-14)15-7-4-8-22-15/h3-9,11H,2,10H2,1H3. The summed E-state index contributed by atoms with van der Waals surface area (Å²) in [6.07, 6.45) is 0. The van der Waals surface area contributed by atoms with Crippen LogP contribution in [0.4, 0.5) is 0 Å². The number of carbonyl (C=O) groups excluding carboxylic acids is 1. The van der Waals surface area contributed by atoms with Gasteiger partial charge in [-0.05, 0) is 36.1 Å². The van der Waals surface area contributed by atoms with Crippen molar-refractivity contribution in [1.82, 2.24) is 9.88 Å². The molecular weight excluding hydrogens is 348 g/mol. The predicted octanol–water partition coefficient (Wildman–Crippen LogP) is 5.19. The Bertz CT molecular complexity index is 799. The lowest BCUT2D eigenvalue weighted by Crippen LogP contribution is -2.30. The molecule has 0 atom stereocenters. The van der Waals surface area contributed by atoms with Crippen LogP contribution in [0.2, 0.25) is 5.02 Å². The molecule has 0 aliphatic carbocycles. The summed E-state index contributed by atoms with van der Waals surface area (Å²) in [5, 5.41) is 5.41. The molecule has 1 aromatic carbocycles. The average Bonchev–Trinajstić information content (AvgIpc) is 3.22. The largest absolute Gasteiger partial charge is 0.333 e. The van der Waals surface area contributed by atoms with E-state index in [-0.39, 0.29) is 5.91 Å². The number of halogens is 1. The van der Waals surface area contributed by atoms with E-state index >= 15 is 0 Å². The van der Waals surface area contributed by atoms with E-state index in [4.69, 9.17) is 11.6 Å². The van der Waals surface area contributed by atoms with Gasteiger partial charge in [-0.15, -0.1) is 22.7 Å². The van der Waals surface area contributed by atoms with Gasteiger partial charge in [0.15, 0.2) is 0 Å². The molecule has 2 aromatic heterocycles. The van der Waals surface area contributed by atoms with Crippen molar-refractivity contribution in [1.29, 1.82) is 0 Å². The summed E-state index contributed by atoms with van der Waals surface area (Å²) in [4.78, 5) is 20.0. The molecule has 0 spiro atoms. The number of nitrogens with zero attached hydrogens (tertiary/aromatic N) is 2. The van der Waals surface area contributed by atoms with Gasteiger partial charge in [-0.25, -0.2) is 4.98 Å². The van der Waals surface area contributed by atoms with Crippen LogP contribution in [0.15, 0.2) is 47.2 Å². The van der Waals surface area contributed by atoms with Gasteiger partial charge in [0.25, 0.3) is 5.91 Å². The van der Waals surface area contributed by atoms with Gasteiger partial charge in [0.2, 0.25) is 0 Å². The molecule has 118 valence electrons. The van der Waals surface area contributed by atoms with Crippen LogP contribution in [0.3, 0.4) is 0 Å². The van der Waals surface area contributed by atoms with Gasteiger partial charge in [0.05, 0.1) is 4.88 Å². The maximum Gasteiger partial charge on any atom is 0.273 e. The fourth-order valence-electron chi connectivity index (χ4n) is 2.23. The first-order valence-electron chi connectivity index (χ1n) is 7.20. The first-order valence-corrected chi connectivity index (χ1v) is 9.34. The summed E-state index contributed by atoms with van der Waals surface area (Å²) in [6, 6.07) is 11.6. The fraction of sp³-hybridized carbons (Fsp3) is 0.176. The van der Waals surface area contributed by atoms with E-state index in [2.05, 4.69) is 4.98 Å². The number of benzene rings is 1. The minimum atomic E-state index is -0.0495. The molecule has 6 heteroatoms. The number of hydrogen-bond acceptors (Lipinski definition) is 4. The van der Waals surface area contributed by atoms with Crippen LogP contribution in [0.25, 0.3) is 9.88 Å². The van der Waals surface area contributed by atoms with Crippen LogP contribution < -0.4 is 0 Å². The van der Waals surface area contributed by atoms with Gasteiger partial charge < -0.3 is 4.90 Å². The van der Waals surface area contributed by atoms with E-state index < -0.39 is 0 Å². The second-order valence-corrected chi connectivity index (χ2v) is 7.21. The molecule has 0 fully saturated rings. The number of aromatic nitrogens is 1. The Morgan fingerprint density at radius 3 is 2.83 bits per heavy atom. The normalized spacial score (nSPS) is 10.7. The molecule has 3 nitrogen and oxygen atoms in total. The summed E-state index contributed by atoms with van der Waals surface area (Å²) < 4.78 is 0. The molecule has 0 bridgehead atoms. The van der Waals surface area contributed by atoms with Crippen molar-refractivity contribution >= 4 is 40.2 Å². The van der Waals surface area contributed by atoms with Crippen LogP contribution >= 0.6 is 34.3 Å². The van der Waals surface area contributed by atoms with Gasteiger partial charge >= 0.3 is 0 Å². The minimum Gasteiger partial charge on any atom is -0.333 e. The Labute approximate surface area is 148 Å². The molecule has 0 unspecified atom stereocenters. The average molecular weight is 363 g/mol. The lowest BCUT2D eigenvalue weighted by Gasteiger charge is -2.20. The van der Waals surface area contributed by atoms with E-state index in [1.54, 1.807) is 16.2 Å². The molecule has 3 rings (SSSR count). The minimum absolute atomic E-state index is 0.0495. The second kappa shape index (κ2) is 7.25.